The number of oxazole rings is 1. The van der Waals surface area contributed by atoms with Crippen LogP contribution in [0, 0.1) is 0 Å². The van der Waals surface area contributed by atoms with E-state index in [1.165, 1.54) is 5.56 Å². The van der Waals surface area contributed by atoms with Crippen LogP contribution in [0.15, 0.2) is 22.6 Å². The third-order valence-electron chi connectivity index (χ3n) is 3.04. The topological polar surface area (TPSA) is 61.3 Å². The third-order valence-corrected chi connectivity index (χ3v) is 3.04. The van der Waals surface area contributed by atoms with E-state index in [9.17, 15) is 0 Å². The third kappa shape index (κ3) is 2.40. The lowest BCUT2D eigenvalue weighted by Gasteiger charge is -2.18. The lowest BCUT2D eigenvalue weighted by molar-refractivity contribution is 0.0878. The zero-order valence-electron chi connectivity index (χ0n) is 11.4. The molecule has 1 aromatic heterocycles. The summed E-state index contributed by atoms with van der Waals surface area (Å²) in [6.07, 6.45) is -0.282. The maximum atomic E-state index is 5.66. The highest BCUT2D eigenvalue weighted by atomic mass is 16.5. The van der Waals surface area contributed by atoms with Crippen molar-refractivity contribution in [1.29, 1.82) is 0 Å². The Morgan fingerprint density at radius 3 is 2.67 bits per heavy atom. The van der Waals surface area contributed by atoms with Gasteiger partial charge in [-0.05, 0) is 23.1 Å². The average molecular weight is 248 g/mol. The number of methoxy groups -OCH3 is 1. The number of nitrogens with two attached hydrogens (primary N) is 1. The fourth-order valence-electron chi connectivity index (χ4n) is 1.85. The quantitative estimate of drug-likeness (QED) is 0.907. The van der Waals surface area contributed by atoms with Gasteiger partial charge in [0.2, 0.25) is 5.89 Å². The summed E-state index contributed by atoms with van der Waals surface area (Å²) < 4.78 is 10.9. The van der Waals surface area contributed by atoms with Crippen LogP contribution in [-0.2, 0) is 10.2 Å². The lowest BCUT2D eigenvalue weighted by atomic mass is 9.87. The maximum absolute atomic E-state index is 5.66. The maximum Gasteiger partial charge on any atom is 0.225 e. The fourth-order valence-corrected chi connectivity index (χ4v) is 1.85. The Morgan fingerprint density at radius 1 is 1.39 bits per heavy atom. The predicted molar refractivity (Wildman–Crippen MR) is 71.5 cm³/mol. The van der Waals surface area contributed by atoms with Crippen LogP contribution < -0.4 is 5.73 Å². The normalized spacial score (nSPS) is 14.1. The van der Waals surface area contributed by atoms with Crippen LogP contribution in [0.1, 0.15) is 38.3 Å². The van der Waals surface area contributed by atoms with Crippen LogP contribution in [0.5, 0.6) is 0 Å². The van der Waals surface area contributed by atoms with E-state index in [4.69, 9.17) is 14.9 Å². The van der Waals surface area contributed by atoms with Crippen molar-refractivity contribution < 1.29 is 9.15 Å². The van der Waals surface area contributed by atoms with Crippen molar-refractivity contribution in [2.24, 2.45) is 5.73 Å². The molecule has 0 saturated heterocycles. The minimum Gasteiger partial charge on any atom is -0.438 e. The molecule has 2 aromatic rings. The first-order valence-electron chi connectivity index (χ1n) is 6.09. The van der Waals surface area contributed by atoms with Crippen LogP contribution in [0.4, 0.5) is 0 Å². The van der Waals surface area contributed by atoms with E-state index >= 15 is 0 Å². The Labute approximate surface area is 107 Å². The van der Waals surface area contributed by atoms with E-state index in [-0.39, 0.29) is 11.5 Å². The second kappa shape index (κ2) is 4.71. The Balaban J connectivity index is 2.46. The van der Waals surface area contributed by atoms with E-state index < -0.39 is 0 Å². The van der Waals surface area contributed by atoms with Crippen molar-refractivity contribution in [2.45, 2.75) is 32.3 Å². The Kier molecular flexibility index (Phi) is 3.41. The van der Waals surface area contributed by atoms with Crippen LogP contribution >= 0.6 is 0 Å². The molecule has 0 saturated carbocycles. The Morgan fingerprint density at radius 2 is 2.11 bits per heavy atom. The molecule has 18 heavy (non-hydrogen) atoms. The number of rotatable bonds is 3. The van der Waals surface area contributed by atoms with Gasteiger partial charge in [0.1, 0.15) is 11.6 Å². The molecule has 1 aromatic carbocycles. The molecule has 0 bridgehead atoms. The number of hydrogen-bond donors (Lipinski definition) is 1. The van der Waals surface area contributed by atoms with Crippen molar-refractivity contribution in [1.82, 2.24) is 4.98 Å². The van der Waals surface area contributed by atoms with Gasteiger partial charge in [-0.2, -0.15) is 0 Å². The van der Waals surface area contributed by atoms with Crippen molar-refractivity contribution in [2.75, 3.05) is 13.7 Å². The smallest absolute Gasteiger partial charge is 0.225 e. The summed E-state index contributed by atoms with van der Waals surface area (Å²) >= 11 is 0. The predicted octanol–water partition coefficient (Wildman–Crippen LogP) is 2.77. The van der Waals surface area contributed by atoms with Gasteiger partial charge in [0.05, 0.1) is 0 Å². The second-order valence-corrected chi connectivity index (χ2v) is 5.44. The molecular weight excluding hydrogens is 228 g/mol. The molecule has 0 radical (unpaired) electrons. The fraction of sp³-hybridized carbons (Fsp3) is 0.500. The molecule has 4 nitrogen and oxygen atoms in total. The summed E-state index contributed by atoms with van der Waals surface area (Å²) in [6.45, 7) is 6.88. The second-order valence-electron chi connectivity index (χ2n) is 5.44. The van der Waals surface area contributed by atoms with E-state index in [1.807, 2.05) is 6.07 Å². The first-order chi connectivity index (χ1) is 8.45. The number of aromatic nitrogens is 1. The summed E-state index contributed by atoms with van der Waals surface area (Å²) in [5, 5.41) is 0. The van der Waals surface area contributed by atoms with E-state index in [2.05, 4.69) is 37.9 Å². The van der Waals surface area contributed by atoms with Gasteiger partial charge in [0, 0.05) is 13.7 Å². The van der Waals surface area contributed by atoms with Crippen LogP contribution in [0.25, 0.3) is 11.1 Å². The van der Waals surface area contributed by atoms with Gasteiger partial charge in [0.15, 0.2) is 5.58 Å². The number of benzene rings is 1. The number of nitrogens with zero attached hydrogens (tertiary/aromatic N) is 1. The highest BCUT2D eigenvalue weighted by molar-refractivity contribution is 5.73. The van der Waals surface area contributed by atoms with Gasteiger partial charge in [0.25, 0.3) is 0 Å². The largest absolute Gasteiger partial charge is 0.438 e. The van der Waals surface area contributed by atoms with Gasteiger partial charge in [-0.1, -0.05) is 26.8 Å². The first-order valence-corrected chi connectivity index (χ1v) is 6.09. The van der Waals surface area contributed by atoms with Crippen molar-refractivity contribution >= 4 is 11.1 Å². The van der Waals surface area contributed by atoms with Crippen LogP contribution in [0.3, 0.4) is 0 Å². The highest BCUT2D eigenvalue weighted by Crippen LogP contribution is 2.27. The van der Waals surface area contributed by atoms with Gasteiger partial charge < -0.3 is 14.9 Å². The first kappa shape index (κ1) is 13.1. The van der Waals surface area contributed by atoms with E-state index in [0.717, 1.165) is 11.1 Å². The monoisotopic (exact) mass is 248 g/mol. The summed E-state index contributed by atoms with van der Waals surface area (Å²) in [5.41, 5.74) is 8.57. The van der Waals surface area contributed by atoms with Gasteiger partial charge >= 0.3 is 0 Å². The molecule has 0 fully saturated rings. The number of ether oxygens (including phenoxy) is 1. The zero-order chi connectivity index (χ0) is 13.3. The molecule has 0 aliphatic carbocycles. The molecule has 2 rings (SSSR count). The molecular formula is C14H20N2O2. The molecule has 2 N–H and O–H groups in total. The Bertz CT molecular complexity index is 536. The Hall–Kier alpha value is -1.39. The SMILES string of the molecule is COC(CN)c1nc2cc(C(C)(C)C)ccc2o1. The molecule has 98 valence electrons. The summed E-state index contributed by atoms with van der Waals surface area (Å²) in [7, 11) is 1.60. The molecule has 1 atom stereocenters. The van der Waals surface area contributed by atoms with Crippen molar-refractivity contribution in [3.05, 3.63) is 29.7 Å². The molecule has 0 spiro atoms. The number of hydrogen-bond acceptors (Lipinski definition) is 4. The zero-order valence-corrected chi connectivity index (χ0v) is 11.4. The highest BCUT2D eigenvalue weighted by Gasteiger charge is 2.18. The molecule has 0 amide bonds. The van der Waals surface area contributed by atoms with Crippen molar-refractivity contribution in [3.63, 3.8) is 0 Å². The molecule has 1 heterocycles. The minimum atomic E-state index is -0.282. The van der Waals surface area contributed by atoms with Gasteiger partial charge in [-0.3, -0.25) is 0 Å². The number of fused-ring (bicyclic) bond motifs is 1. The van der Waals surface area contributed by atoms with Crippen LogP contribution in [0.2, 0.25) is 0 Å². The van der Waals surface area contributed by atoms with E-state index in [0.29, 0.717) is 12.4 Å². The lowest BCUT2D eigenvalue weighted by Crippen LogP contribution is -2.14. The van der Waals surface area contributed by atoms with Gasteiger partial charge in [-0.15, -0.1) is 0 Å². The molecule has 0 aliphatic heterocycles. The molecule has 1 unspecified atom stereocenters. The van der Waals surface area contributed by atoms with E-state index in [1.54, 1.807) is 7.11 Å². The summed E-state index contributed by atoms with van der Waals surface area (Å²) in [5.74, 6) is 0.543. The average Bonchev–Trinajstić information content (AvgIpc) is 2.71. The molecule has 4 heteroatoms. The van der Waals surface area contributed by atoms with Crippen molar-refractivity contribution in [3.8, 4) is 0 Å². The standard InChI is InChI=1S/C14H20N2O2/c1-14(2,3)9-5-6-11-10(7-9)16-13(18-11)12(8-15)17-4/h5-7,12H,8,15H2,1-4H3. The van der Waals surface area contributed by atoms with Crippen LogP contribution in [-0.4, -0.2) is 18.6 Å². The summed E-state index contributed by atoms with van der Waals surface area (Å²) in [4.78, 5) is 4.46. The van der Waals surface area contributed by atoms with Gasteiger partial charge in [-0.25, -0.2) is 4.98 Å². The molecule has 0 aliphatic rings. The summed E-state index contributed by atoms with van der Waals surface area (Å²) in [6, 6.07) is 6.09. The minimum absolute atomic E-state index is 0.0990.